The Morgan fingerprint density at radius 3 is 2.65 bits per heavy atom. The summed E-state index contributed by atoms with van der Waals surface area (Å²) in [5, 5.41) is 13.6. The molecular weight excluding hydrogens is 340 g/mol. The van der Waals surface area contributed by atoms with E-state index in [1.807, 2.05) is 10.7 Å². The van der Waals surface area contributed by atoms with Crippen molar-refractivity contribution in [1.29, 1.82) is 0 Å². The van der Waals surface area contributed by atoms with Crippen molar-refractivity contribution in [3.05, 3.63) is 66.0 Å². The van der Waals surface area contributed by atoms with Crippen LogP contribution in [-0.4, -0.2) is 20.0 Å². The number of benzene rings is 2. The molecular formula is C21H22N4S. The van der Waals surface area contributed by atoms with Gasteiger partial charge in [-0.3, -0.25) is 9.78 Å². The molecule has 0 unspecified atom stereocenters. The van der Waals surface area contributed by atoms with Crippen LogP contribution in [0.2, 0.25) is 0 Å². The number of aryl methyl sites for hydroxylation is 1. The highest BCUT2D eigenvalue weighted by atomic mass is 32.2. The topological polar surface area (TPSA) is 46.5 Å². The van der Waals surface area contributed by atoms with Gasteiger partial charge in [0.1, 0.15) is 0 Å². The number of nitrogens with zero attached hydrogens (tertiary/aromatic N) is 3. The smallest absolute Gasteiger partial charge is 0.0965 e. The van der Waals surface area contributed by atoms with E-state index in [1.165, 1.54) is 10.5 Å². The lowest BCUT2D eigenvalue weighted by atomic mass is 9.95. The van der Waals surface area contributed by atoms with Crippen molar-refractivity contribution in [2.75, 3.05) is 0 Å². The summed E-state index contributed by atoms with van der Waals surface area (Å²) in [6.45, 7) is 6.51. The predicted molar refractivity (Wildman–Crippen MR) is 108 cm³/mol. The number of thioether (sulfide) groups is 1. The van der Waals surface area contributed by atoms with Crippen molar-refractivity contribution in [3.63, 3.8) is 0 Å². The minimum Gasteiger partial charge on any atom is -0.282 e. The summed E-state index contributed by atoms with van der Waals surface area (Å²) in [5.74, 6) is 1.21. The third kappa shape index (κ3) is 3.15. The van der Waals surface area contributed by atoms with E-state index in [-0.39, 0.29) is 0 Å². The van der Waals surface area contributed by atoms with E-state index in [2.05, 4.69) is 79.6 Å². The fourth-order valence-electron chi connectivity index (χ4n) is 3.37. The minimum atomic E-state index is 0.419. The largest absolute Gasteiger partial charge is 0.282 e. The van der Waals surface area contributed by atoms with Crippen LogP contribution in [0, 0.1) is 6.92 Å². The van der Waals surface area contributed by atoms with Crippen LogP contribution in [0.5, 0.6) is 0 Å². The molecule has 26 heavy (non-hydrogen) atoms. The van der Waals surface area contributed by atoms with E-state index in [0.717, 1.165) is 33.7 Å². The molecule has 2 heterocycles. The Hall–Kier alpha value is -2.53. The predicted octanol–water partition coefficient (Wildman–Crippen LogP) is 5.61. The van der Waals surface area contributed by atoms with Gasteiger partial charge in [0.05, 0.1) is 17.1 Å². The molecule has 0 saturated heterocycles. The number of H-pyrrole nitrogens is 1. The van der Waals surface area contributed by atoms with Gasteiger partial charge in [-0.1, -0.05) is 44.2 Å². The van der Waals surface area contributed by atoms with Gasteiger partial charge in [0.2, 0.25) is 0 Å². The number of hydrogen-bond acceptors (Lipinski definition) is 3. The monoisotopic (exact) mass is 362 g/mol. The number of hydrogen-bond donors (Lipinski definition) is 1. The van der Waals surface area contributed by atoms with Crippen LogP contribution in [0.4, 0.5) is 0 Å². The average molecular weight is 363 g/mol. The van der Waals surface area contributed by atoms with Gasteiger partial charge in [0.25, 0.3) is 0 Å². The van der Waals surface area contributed by atoms with E-state index >= 15 is 0 Å². The van der Waals surface area contributed by atoms with Gasteiger partial charge < -0.3 is 0 Å². The second-order valence-electron chi connectivity index (χ2n) is 6.76. The lowest BCUT2D eigenvalue weighted by Crippen LogP contribution is -1.93. The summed E-state index contributed by atoms with van der Waals surface area (Å²) in [6, 6.07) is 16.7. The van der Waals surface area contributed by atoms with Crippen LogP contribution in [0.25, 0.3) is 22.2 Å². The van der Waals surface area contributed by atoms with E-state index < -0.39 is 0 Å². The zero-order chi connectivity index (χ0) is 18.1. The Kier molecular flexibility index (Phi) is 4.55. The molecule has 0 atom stereocenters. The second kappa shape index (κ2) is 7.00. The fraction of sp³-hybridized carbons (Fsp3) is 0.238. The SMILES string of the molecule is Cc1[nH]nc(-c2cccc3nn(CSc4ccccc4)cc23)c1C(C)C. The molecule has 0 aliphatic carbocycles. The van der Waals surface area contributed by atoms with Crippen LogP contribution in [0.3, 0.4) is 0 Å². The van der Waals surface area contributed by atoms with Crippen molar-refractivity contribution < 1.29 is 0 Å². The molecule has 0 spiro atoms. The summed E-state index contributed by atoms with van der Waals surface area (Å²) in [4.78, 5) is 1.25. The highest BCUT2D eigenvalue weighted by Gasteiger charge is 2.18. The molecule has 0 radical (unpaired) electrons. The molecule has 0 amide bonds. The summed E-state index contributed by atoms with van der Waals surface area (Å²) in [6.07, 6.45) is 2.13. The molecule has 2 aromatic heterocycles. The number of rotatable bonds is 5. The maximum atomic E-state index is 4.75. The first-order valence-electron chi connectivity index (χ1n) is 8.82. The highest BCUT2D eigenvalue weighted by Crippen LogP contribution is 2.34. The van der Waals surface area contributed by atoms with E-state index in [4.69, 9.17) is 5.10 Å². The van der Waals surface area contributed by atoms with Gasteiger partial charge in [-0.15, -0.1) is 11.8 Å². The maximum absolute atomic E-state index is 4.75. The summed E-state index contributed by atoms with van der Waals surface area (Å²) in [7, 11) is 0. The van der Waals surface area contributed by atoms with E-state index in [1.54, 1.807) is 11.8 Å². The molecule has 2 aromatic carbocycles. The summed E-state index contributed by atoms with van der Waals surface area (Å²) in [5.41, 5.74) is 5.61. The van der Waals surface area contributed by atoms with Crippen molar-refractivity contribution in [1.82, 2.24) is 20.0 Å². The first kappa shape index (κ1) is 16.9. The Bertz CT molecular complexity index is 1030. The molecule has 132 valence electrons. The normalized spacial score (nSPS) is 11.5. The molecule has 1 N–H and O–H groups in total. The number of nitrogens with one attached hydrogen (secondary N) is 1. The number of aromatic amines is 1. The third-order valence-corrected chi connectivity index (χ3v) is 5.53. The fourth-order valence-corrected chi connectivity index (χ4v) is 4.13. The van der Waals surface area contributed by atoms with Crippen molar-refractivity contribution in [3.8, 4) is 11.3 Å². The molecule has 0 aliphatic rings. The van der Waals surface area contributed by atoms with Gasteiger partial charge in [-0.25, -0.2) is 0 Å². The third-order valence-electron chi connectivity index (χ3n) is 4.53. The minimum absolute atomic E-state index is 0.419. The van der Waals surface area contributed by atoms with Crippen LogP contribution in [-0.2, 0) is 5.88 Å². The highest BCUT2D eigenvalue weighted by molar-refractivity contribution is 7.98. The molecule has 5 heteroatoms. The van der Waals surface area contributed by atoms with Crippen molar-refractivity contribution in [2.24, 2.45) is 0 Å². The van der Waals surface area contributed by atoms with Gasteiger partial charge in [-0.2, -0.15) is 10.2 Å². The average Bonchev–Trinajstić information content (AvgIpc) is 3.23. The first-order chi connectivity index (χ1) is 12.6. The van der Waals surface area contributed by atoms with Gasteiger partial charge >= 0.3 is 0 Å². The van der Waals surface area contributed by atoms with Crippen LogP contribution in [0.15, 0.2) is 59.6 Å². The number of aromatic nitrogens is 4. The Balaban J connectivity index is 1.70. The standard InChI is InChI=1S/C21H22N4S/c1-14(2)20-15(3)22-23-21(20)17-10-7-11-19-18(17)12-25(24-19)13-26-16-8-5-4-6-9-16/h4-12,14H,13H2,1-3H3,(H,22,23). The first-order valence-corrected chi connectivity index (χ1v) is 9.81. The van der Waals surface area contributed by atoms with Crippen LogP contribution >= 0.6 is 11.8 Å². The van der Waals surface area contributed by atoms with Gasteiger partial charge in [0, 0.05) is 33.3 Å². The molecule has 4 nitrogen and oxygen atoms in total. The van der Waals surface area contributed by atoms with Gasteiger partial charge in [0.15, 0.2) is 0 Å². The van der Waals surface area contributed by atoms with Gasteiger partial charge in [-0.05, 0) is 31.0 Å². The summed E-state index contributed by atoms with van der Waals surface area (Å²) >= 11 is 1.78. The Morgan fingerprint density at radius 1 is 1.08 bits per heavy atom. The Morgan fingerprint density at radius 2 is 1.88 bits per heavy atom. The quantitative estimate of drug-likeness (QED) is 0.470. The lowest BCUT2D eigenvalue weighted by Gasteiger charge is -2.08. The molecule has 0 saturated carbocycles. The zero-order valence-electron chi connectivity index (χ0n) is 15.2. The van der Waals surface area contributed by atoms with Crippen molar-refractivity contribution in [2.45, 2.75) is 37.5 Å². The second-order valence-corrected chi connectivity index (χ2v) is 7.78. The Labute approximate surface area is 157 Å². The molecule has 0 fully saturated rings. The van der Waals surface area contributed by atoms with Crippen LogP contribution < -0.4 is 0 Å². The maximum Gasteiger partial charge on any atom is 0.0965 e. The molecule has 0 aliphatic heterocycles. The zero-order valence-corrected chi connectivity index (χ0v) is 16.0. The van der Waals surface area contributed by atoms with Crippen molar-refractivity contribution >= 4 is 22.7 Å². The lowest BCUT2D eigenvalue weighted by molar-refractivity contribution is 0.762. The van der Waals surface area contributed by atoms with Crippen LogP contribution in [0.1, 0.15) is 31.0 Å². The van der Waals surface area contributed by atoms with E-state index in [0.29, 0.717) is 5.92 Å². The molecule has 4 rings (SSSR count). The summed E-state index contributed by atoms with van der Waals surface area (Å²) < 4.78 is 2.01. The molecule has 4 aromatic rings. The number of fused-ring (bicyclic) bond motifs is 1. The van der Waals surface area contributed by atoms with E-state index in [9.17, 15) is 0 Å². The molecule has 0 bridgehead atoms.